The van der Waals surface area contributed by atoms with Gasteiger partial charge in [-0.25, -0.2) is 9.18 Å². The molecular formula is C21H23FN4O4. The van der Waals surface area contributed by atoms with Gasteiger partial charge < -0.3 is 24.6 Å². The van der Waals surface area contributed by atoms with Gasteiger partial charge in [-0.15, -0.1) is 0 Å². The van der Waals surface area contributed by atoms with E-state index in [9.17, 15) is 14.7 Å². The number of rotatable bonds is 7. The molecule has 2 N–H and O–H groups in total. The molecule has 2 fully saturated rings. The van der Waals surface area contributed by atoms with Gasteiger partial charge in [0.05, 0.1) is 24.1 Å². The number of ether oxygens (including phenoxy) is 1. The highest BCUT2D eigenvalue weighted by atomic mass is 19.1. The van der Waals surface area contributed by atoms with Gasteiger partial charge in [-0.05, 0) is 25.3 Å². The van der Waals surface area contributed by atoms with Crippen LogP contribution in [-0.4, -0.2) is 48.4 Å². The molecule has 1 unspecified atom stereocenters. The highest BCUT2D eigenvalue weighted by Gasteiger charge is 2.33. The van der Waals surface area contributed by atoms with E-state index in [4.69, 9.17) is 10.00 Å². The summed E-state index contributed by atoms with van der Waals surface area (Å²) in [6.45, 7) is 1.72. The Morgan fingerprint density at radius 1 is 1.43 bits per heavy atom. The summed E-state index contributed by atoms with van der Waals surface area (Å²) in [4.78, 5) is 26.2. The lowest BCUT2D eigenvalue weighted by atomic mass is 10.1. The molecule has 0 spiro atoms. The van der Waals surface area contributed by atoms with Crippen LogP contribution in [0, 0.1) is 17.1 Å². The lowest BCUT2D eigenvalue weighted by Gasteiger charge is -2.25. The monoisotopic (exact) mass is 414 g/mol. The Bertz CT molecular complexity index is 1100. The van der Waals surface area contributed by atoms with Gasteiger partial charge in [0.25, 0.3) is 0 Å². The number of carbonyl (C=O) groups is 1. The van der Waals surface area contributed by atoms with E-state index < -0.39 is 17.2 Å². The van der Waals surface area contributed by atoms with Gasteiger partial charge >= 0.3 is 5.97 Å². The predicted octanol–water partition coefficient (Wildman–Crippen LogP) is 2.26. The van der Waals surface area contributed by atoms with Crippen molar-refractivity contribution in [3.63, 3.8) is 0 Å². The number of halogens is 1. The lowest BCUT2D eigenvalue weighted by Crippen LogP contribution is -2.33. The van der Waals surface area contributed by atoms with Gasteiger partial charge in [0, 0.05) is 44.3 Å². The molecule has 30 heavy (non-hydrogen) atoms. The molecule has 0 radical (unpaired) electrons. The summed E-state index contributed by atoms with van der Waals surface area (Å²) in [6.07, 6.45) is 4.28. The van der Waals surface area contributed by atoms with Crippen molar-refractivity contribution in [3.8, 4) is 11.8 Å². The van der Waals surface area contributed by atoms with Crippen LogP contribution in [0.1, 0.15) is 42.1 Å². The first-order valence-corrected chi connectivity index (χ1v) is 10.00. The summed E-state index contributed by atoms with van der Waals surface area (Å²) < 4.78 is 22.6. The van der Waals surface area contributed by atoms with Crippen molar-refractivity contribution < 1.29 is 19.0 Å². The number of pyridine rings is 1. The maximum Gasteiger partial charge on any atom is 0.341 e. The van der Waals surface area contributed by atoms with E-state index in [1.165, 1.54) is 13.3 Å². The van der Waals surface area contributed by atoms with Gasteiger partial charge in [0.2, 0.25) is 5.43 Å². The zero-order valence-electron chi connectivity index (χ0n) is 16.7. The van der Waals surface area contributed by atoms with E-state index in [2.05, 4.69) is 11.4 Å². The second kappa shape index (κ2) is 7.95. The second-order valence-electron chi connectivity index (χ2n) is 7.75. The van der Waals surface area contributed by atoms with Crippen LogP contribution in [0.5, 0.6) is 5.75 Å². The fraction of sp³-hybridized carbons (Fsp3) is 0.476. The molecule has 8 nitrogen and oxygen atoms in total. The first-order chi connectivity index (χ1) is 14.5. The molecule has 2 aromatic rings. The largest absolute Gasteiger partial charge is 0.492 e. The zero-order chi connectivity index (χ0) is 21.4. The summed E-state index contributed by atoms with van der Waals surface area (Å²) in [7, 11) is 1.43. The van der Waals surface area contributed by atoms with E-state index >= 15 is 4.39 Å². The van der Waals surface area contributed by atoms with Crippen LogP contribution in [-0.2, 0) is 0 Å². The minimum absolute atomic E-state index is 0.0165. The number of carboxylic acid groups (broad SMARTS) is 1. The molecule has 1 aromatic carbocycles. The average molecular weight is 414 g/mol. The molecule has 1 aliphatic carbocycles. The molecule has 0 amide bonds. The number of nitrogens with zero attached hydrogens (tertiary/aromatic N) is 3. The first kappa shape index (κ1) is 20.2. The van der Waals surface area contributed by atoms with Gasteiger partial charge in [0.1, 0.15) is 11.3 Å². The average Bonchev–Trinajstić information content (AvgIpc) is 3.46. The zero-order valence-corrected chi connectivity index (χ0v) is 16.7. The number of fused-ring (bicyclic) bond motifs is 1. The summed E-state index contributed by atoms with van der Waals surface area (Å²) in [6, 6.07) is 3.42. The van der Waals surface area contributed by atoms with Crippen molar-refractivity contribution in [2.24, 2.45) is 0 Å². The van der Waals surface area contributed by atoms with Crippen molar-refractivity contribution in [3.05, 3.63) is 33.9 Å². The number of aromatic nitrogens is 1. The Labute approximate surface area is 172 Å². The van der Waals surface area contributed by atoms with Crippen molar-refractivity contribution in [2.75, 3.05) is 31.6 Å². The maximum absolute atomic E-state index is 15.2. The highest BCUT2D eigenvalue weighted by Crippen LogP contribution is 2.44. The number of benzene rings is 1. The molecule has 4 rings (SSSR count). The first-order valence-electron chi connectivity index (χ1n) is 10.00. The number of hydrogen-bond acceptors (Lipinski definition) is 6. The van der Waals surface area contributed by atoms with E-state index in [0.717, 1.165) is 25.3 Å². The number of methoxy groups -OCH3 is 1. The van der Waals surface area contributed by atoms with Crippen LogP contribution in [0.2, 0.25) is 0 Å². The van der Waals surface area contributed by atoms with Crippen molar-refractivity contribution >= 4 is 22.6 Å². The molecule has 2 aliphatic rings. The fourth-order valence-corrected chi connectivity index (χ4v) is 4.19. The molecule has 1 saturated heterocycles. The quantitative estimate of drug-likeness (QED) is 0.669. The fourth-order valence-electron chi connectivity index (χ4n) is 4.19. The van der Waals surface area contributed by atoms with Crippen LogP contribution < -0.4 is 20.4 Å². The van der Waals surface area contributed by atoms with Gasteiger partial charge in [-0.3, -0.25) is 4.79 Å². The Kier molecular flexibility index (Phi) is 5.35. The van der Waals surface area contributed by atoms with Crippen molar-refractivity contribution in [2.45, 2.75) is 37.8 Å². The Balaban J connectivity index is 1.83. The number of nitriles is 1. The smallest absolute Gasteiger partial charge is 0.341 e. The summed E-state index contributed by atoms with van der Waals surface area (Å²) in [5, 5.41) is 21.4. The van der Waals surface area contributed by atoms with E-state index in [-0.39, 0.29) is 34.5 Å². The molecule has 0 bridgehead atoms. The van der Waals surface area contributed by atoms with Gasteiger partial charge in [-0.1, -0.05) is 0 Å². The van der Waals surface area contributed by atoms with Crippen LogP contribution >= 0.6 is 0 Å². The molecule has 1 atom stereocenters. The van der Waals surface area contributed by atoms with Gasteiger partial charge in [-0.2, -0.15) is 5.26 Å². The molecule has 158 valence electrons. The van der Waals surface area contributed by atoms with E-state index in [1.54, 1.807) is 4.57 Å². The predicted molar refractivity (Wildman–Crippen MR) is 109 cm³/mol. The number of carboxylic acids is 1. The molecular weight excluding hydrogens is 391 g/mol. The summed E-state index contributed by atoms with van der Waals surface area (Å²) in [5.74, 6) is -1.69. The van der Waals surface area contributed by atoms with Crippen molar-refractivity contribution in [1.82, 2.24) is 9.88 Å². The Morgan fingerprint density at radius 3 is 2.83 bits per heavy atom. The molecule has 1 aliphatic heterocycles. The number of hydrogen-bond donors (Lipinski definition) is 2. The molecule has 1 aromatic heterocycles. The standard InChI is InChI=1S/C21H23FN4O4/c1-30-20-17-14(19(27)15(21(28)29)11-26(17)13-3-4-13)9-16(22)18(20)25-8-5-12(10-25)24-7-2-6-23/h9,11-13,24H,2-5,7-8,10H2,1H3,(H,28,29). The van der Waals surface area contributed by atoms with Crippen molar-refractivity contribution in [1.29, 1.82) is 5.26 Å². The van der Waals surface area contributed by atoms with Gasteiger partial charge in [0.15, 0.2) is 11.6 Å². The van der Waals surface area contributed by atoms with Crippen LogP contribution in [0.3, 0.4) is 0 Å². The maximum atomic E-state index is 15.2. The summed E-state index contributed by atoms with van der Waals surface area (Å²) in [5.41, 5.74) is -0.360. The van der Waals surface area contributed by atoms with E-state index in [0.29, 0.717) is 31.6 Å². The second-order valence-corrected chi connectivity index (χ2v) is 7.75. The minimum Gasteiger partial charge on any atom is -0.492 e. The Morgan fingerprint density at radius 2 is 2.20 bits per heavy atom. The molecule has 9 heteroatoms. The van der Waals surface area contributed by atoms with Crippen LogP contribution in [0.4, 0.5) is 10.1 Å². The highest BCUT2D eigenvalue weighted by molar-refractivity contribution is 5.97. The topological polar surface area (TPSA) is 108 Å². The molecule has 1 saturated carbocycles. The number of aromatic carboxylic acids is 1. The Hall–Kier alpha value is -3.12. The third-order valence-corrected chi connectivity index (χ3v) is 5.75. The van der Waals surface area contributed by atoms with Crippen LogP contribution in [0.15, 0.2) is 17.1 Å². The third-order valence-electron chi connectivity index (χ3n) is 5.75. The minimum atomic E-state index is -1.33. The third kappa shape index (κ3) is 3.48. The number of anilines is 1. The normalized spacial score (nSPS) is 18.6. The van der Waals surface area contributed by atoms with E-state index in [1.807, 2.05) is 4.90 Å². The SMILES string of the molecule is COc1c(N2CCC(NCCC#N)C2)c(F)cc2c(=O)c(C(=O)O)cn(C3CC3)c12. The molecule has 2 heterocycles. The lowest BCUT2D eigenvalue weighted by molar-refractivity contribution is 0.0695. The summed E-state index contributed by atoms with van der Waals surface area (Å²) >= 11 is 0. The number of nitrogens with one attached hydrogen (secondary N) is 1. The van der Waals surface area contributed by atoms with Crippen LogP contribution in [0.25, 0.3) is 10.9 Å².